The van der Waals surface area contributed by atoms with Gasteiger partial charge >= 0.3 is 6.03 Å². The van der Waals surface area contributed by atoms with Crippen LogP contribution in [0.3, 0.4) is 0 Å². The van der Waals surface area contributed by atoms with Crippen LogP contribution in [0, 0.1) is 0 Å². The first-order valence-corrected chi connectivity index (χ1v) is 7.67. The number of nitrogens with zero attached hydrogens (tertiary/aromatic N) is 3. The highest BCUT2D eigenvalue weighted by atomic mass is 16.2. The number of hydrogen-bond donors (Lipinski definition) is 1. The highest BCUT2D eigenvalue weighted by Crippen LogP contribution is 2.18. The van der Waals surface area contributed by atoms with Crippen LogP contribution in [0.2, 0.25) is 0 Å². The van der Waals surface area contributed by atoms with Crippen molar-refractivity contribution in [2.75, 3.05) is 52.9 Å². The fourth-order valence-electron chi connectivity index (χ4n) is 3.06. The van der Waals surface area contributed by atoms with E-state index in [4.69, 9.17) is 0 Å². The van der Waals surface area contributed by atoms with Crippen molar-refractivity contribution < 1.29 is 4.79 Å². The van der Waals surface area contributed by atoms with E-state index in [9.17, 15) is 4.79 Å². The Bertz CT molecular complexity index is 291. The van der Waals surface area contributed by atoms with Crippen molar-refractivity contribution in [3.05, 3.63) is 0 Å². The average molecular weight is 268 g/mol. The number of nitrogens with one attached hydrogen (secondary N) is 1. The summed E-state index contributed by atoms with van der Waals surface area (Å²) in [5, 5.41) is 3.37. The van der Waals surface area contributed by atoms with Gasteiger partial charge in [-0.2, -0.15) is 0 Å². The molecular weight excluding hydrogens is 240 g/mol. The van der Waals surface area contributed by atoms with Gasteiger partial charge in [0.2, 0.25) is 0 Å². The Kier molecular flexibility index (Phi) is 5.45. The lowest BCUT2D eigenvalue weighted by Crippen LogP contribution is -2.44. The Morgan fingerprint density at radius 3 is 2.68 bits per heavy atom. The van der Waals surface area contributed by atoms with Gasteiger partial charge < -0.3 is 20.0 Å². The Labute approximate surface area is 116 Å². The zero-order valence-corrected chi connectivity index (χ0v) is 12.4. The summed E-state index contributed by atoms with van der Waals surface area (Å²) in [6.45, 7) is 9.63. The molecule has 0 spiro atoms. The number of urea groups is 1. The van der Waals surface area contributed by atoms with Gasteiger partial charge in [0.1, 0.15) is 0 Å². The second-order valence-corrected chi connectivity index (χ2v) is 5.73. The summed E-state index contributed by atoms with van der Waals surface area (Å²) >= 11 is 0. The first-order chi connectivity index (χ1) is 9.22. The predicted octanol–water partition coefficient (Wildman–Crippen LogP) is 0.818. The first kappa shape index (κ1) is 14.6. The molecule has 5 nitrogen and oxygen atoms in total. The van der Waals surface area contributed by atoms with Gasteiger partial charge in [-0.1, -0.05) is 13.3 Å². The van der Waals surface area contributed by atoms with E-state index in [-0.39, 0.29) is 6.03 Å². The fourth-order valence-corrected chi connectivity index (χ4v) is 3.06. The van der Waals surface area contributed by atoms with Crippen molar-refractivity contribution in [2.45, 2.75) is 32.2 Å². The Morgan fingerprint density at radius 1 is 1.26 bits per heavy atom. The van der Waals surface area contributed by atoms with Gasteiger partial charge in [-0.15, -0.1) is 0 Å². The van der Waals surface area contributed by atoms with Gasteiger partial charge in [-0.25, -0.2) is 4.79 Å². The molecule has 1 N–H and O–H groups in total. The number of likely N-dealkylation sites (N-methyl/N-ethyl adjacent to an activating group) is 1. The molecule has 2 aliphatic heterocycles. The molecular formula is C14H28N4O. The monoisotopic (exact) mass is 268 g/mol. The van der Waals surface area contributed by atoms with Crippen molar-refractivity contribution in [3.8, 4) is 0 Å². The smallest absolute Gasteiger partial charge is 0.320 e. The second kappa shape index (κ2) is 7.10. The fraction of sp³-hybridized carbons (Fsp3) is 0.929. The van der Waals surface area contributed by atoms with Crippen LogP contribution in [0.4, 0.5) is 4.79 Å². The Balaban J connectivity index is 1.69. The first-order valence-electron chi connectivity index (χ1n) is 7.67. The van der Waals surface area contributed by atoms with Crippen LogP contribution in [0.5, 0.6) is 0 Å². The molecule has 1 atom stereocenters. The molecule has 0 aromatic carbocycles. The van der Waals surface area contributed by atoms with Gasteiger partial charge in [-0.3, -0.25) is 0 Å². The van der Waals surface area contributed by atoms with Crippen LogP contribution in [-0.2, 0) is 0 Å². The van der Waals surface area contributed by atoms with E-state index in [1.54, 1.807) is 0 Å². The predicted molar refractivity (Wildman–Crippen MR) is 77.4 cm³/mol. The van der Waals surface area contributed by atoms with Gasteiger partial charge in [0.15, 0.2) is 0 Å². The maximum absolute atomic E-state index is 12.1. The Morgan fingerprint density at radius 2 is 2.00 bits per heavy atom. The quantitative estimate of drug-likeness (QED) is 0.775. The summed E-state index contributed by atoms with van der Waals surface area (Å²) < 4.78 is 0. The Hall–Kier alpha value is -0.810. The summed E-state index contributed by atoms with van der Waals surface area (Å²) in [6, 6.07) is 0.649. The molecule has 2 aliphatic rings. The molecule has 2 heterocycles. The van der Waals surface area contributed by atoms with Crippen molar-refractivity contribution in [3.63, 3.8) is 0 Å². The zero-order chi connectivity index (χ0) is 13.7. The molecule has 0 bridgehead atoms. The molecule has 2 fully saturated rings. The molecule has 2 saturated heterocycles. The lowest BCUT2D eigenvalue weighted by atomic mass is 10.1. The van der Waals surface area contributed by atoms with E-state index in [2.05, 4.69) is 17.1 Å². The van der Waals surface area contributed by atoms with Gasteiger partial charge in [0.05, 0.1) is 6.04 Å². The van der Waals surface area contributed by atoms with Crippen LogP contribution in [-0.4, -0.2) is 79.6 Å². The highest BCUT2D eigenvalue weighted by Gasteiger charge is 2.33. The summed E-state index contributed by atoms with van der Waals surface area (Å²) in [5.41, 5.74) is 0. The second-order valence-electron chi connectivity index (χ2n) is 5.73. The minimum Gasteiger partial charge on any atom is -0.323 e. The third-order valence-electron chi connectivity index (χ3n) is 4.28. The SMILES string of the molecule is CCCC1CN(CCCN2CCNCC2)C(=O)N1C. The van der Waals surface area contributed by atoms with Gasteiger partial charge in [0, 0.05) is 46.3 Å². The maximum Gasteiger partial charge on any atom is 0.320 e. The lowest BCUT2D eigenvalue weighted by molar-refractivity contribution is 0.189. The molecule has 0 radical (unpaired) electrons. The van der Waals surface area contributed by atoms with Crippen molar-refractivity contribution in [1.29, 1.82) is 0 Å². The van der Waals surface area contributed by atoms with E-state index in [0.29, 0.717) is 6.04 Å². The van der Waals surface area contributed by atoms with Crippen molar-refractivity contribution in [2.24, 2.45) is 0 Å². The number of carbonyl (C=O) groups excluding carboxylic acids is 1. The highest BCUT2D eigenvalue weighted by molar-refractivity contribution is 5.76. The minimum atomic E-state index is 0.221. The van der Waals surface area contributed by atoms with Crippen LogP contribution in [0.15, 0.2) is 0 Å². The standard InChI is InChI=1S/C14H28N4O/c1-3-5-13-12-18(14(19)16(13)2)9-4-8-17-10-6-15-7-11-17/h13,15H,3-12H2,1-2H3. The van der Waals surface area contributed by atoms with E-state index < -0.39 is 0 Å². The maximum atomic E-state index is 12.1. The van der Waals surface area contributed by atoms with Crippen LogP contribution >= 0.6 is 0 Å². The van der Waals surface area contributed by atoms with E-state index in [0.717, 1.165) is 65.1 Å². The minimum absolute atomic E-state index is 0.221. The molecule has 5 heteroatoms. The summed E-state index contributed by atoms with van der Waals surface area (Å²) in [4.78, 5) is 18.5. The molecule has 1 unspecified atom stereocenters. The molecule has 0 aliphatic carbocycles. The number of piperazine rings is 1. The molecule has 110 valence electrons. The number of carbonyl (C=O) groups is 1. The molecule has 2 rings (SSSR count). The summed E-state index contributed by atoms with van der Waals surface area (Å²) in [7, 11) is 1.94. The molecule has 0 aromatic heterocycles. The van der Waals surface area contributed by atoms with Crippen LogP contribution in [0.25, 0.3) is 0 Å². The lowest BCUT2D eigenvalue weighted by Gasteiger charge is -2.27. The van der Waals surface area contributed by atoms with E-state index >= 15 is 0 Å². The van der Waals surface area contributed by atoms with Gasteiger partial charge in [-0.05, 0) is 19.4 Å². The summed E-state index contributed by atoms with van der Waals surface area (Å²) in [5.74, 6) is 0. The van der Waals surface area contributed by atoms with Gasteiger partial charge in [0.25, 0.3) is 0 Å². The molecule has 0 saturated carbocycles. The summed E-state index contributed by atoms with van der Waals surface area (Å²) in [6.07, 6.45) is 3.37. The number of amides is 2. The van der Waals surface area contributed by atoms with E-state index in [1.165, 1.54) is 0 Å². The average Bonchev–Trinajstić information content (AvgIpc) is 2.69. The molecule has 19 heavy (non-hydrogen) atoms. The van der Waals surface area contributed by atoms with E-state index in [1.807, 2.05) is 16.8 Å². The normalized spacial score (nSPS) is 25.4. The van der Waals surface area contributed by atoms with Crippen LogP contribution in [0.1, 0.15) is 26.2 Å². The largest absolute Gasteiger partial charge is 0.323 e. The number of rotatable bonds is 6. The third-order valence-corrected chi connectivity index (χ3v) is 4.28. The van der Waals surface area contributed by atoms with Crippen molar-refractivity contribution in [1.82, 2.24) is 20.0 Å². The zero-order valence-electron chi connectivity index (χ0n) is 12.4. The molecule has 2 amide bonds. The molecule has 0 aromatic rings. The topological polar surface area (TPSA) is 38.8 Å². The number of hydrogen-bond acceptors (Lipinski definition) is 3. The van der Waals surface area contributed by atoms with Crippen molar-refractivity contribution >= 4 is 6.03 Å². The van der Waals surface area contributed by atoms with Crippen LogP contribution < -0.4 is 5.32 Å². The third kappa shape index (κ3) is 3.83.